The van der Waals surface area contributed by atoms with Crippen molar-refractivity contribution in [1.82, 2.24) is 10.2 Å². The second-order valence-electron chi connectivity index (χ2n) is 5.07. The van der Waals surface area contributed by atoms with Crippen molar-refractivity contribution in [2.45, 2.75) is 24.1 Å². The summed E-state index contributed by atoms with van der Waals surface area (Å²) in [6.07, 6.45) is 1.20. The number of carbonyl (C=O) groups is 2. The first kappa shape index (κ1) is 20.0. The summed E-state index contributed by atoms with van der Waals surface area (Å²) in [4.78, 5) is 23.7. The lowest BCUT2D eigenvalue weighted by atomic mass is 10.2. The second kappa shape index (κ2) is 9.97. The van der Waals surface area contributed by atoms with Gasteiger partial charge >= 0.3 is 0 Å². The van der Waals surface area contributed by atoms with E-state index in [-0.39, 0.29) is 17.6 Å². The van der Waals surface area contributed by atoms with Gasteiger partial charge in [-0.15, -0.1) is 10.2 Å². The lowest BCUT2D eigenvalue weighted by Crippen LogP contribution is -2.14. The molecule has 0 unspecified atom stereocenters. The number of hydrogen-bond acceptors (Lipinski definition) is 8. The van der Waals surface area contributed by atoms with E-state index in [1.54, 1.807) is 25.3 Å². The zero-order valence-electron chi connectivity index (χ0n) is 14.7. The highest BCUT2D eigenvalue weighted by molar-refractivity contribution is 8.01. The zero-order chi connectivity index (χ0) is 18.9. The molecule has 0 bridgehead atoms. The topological polar surface area (TPSA) is 102 Å². The SMILES string of the molecule is CCCC(=O)Nc1nnc(SCC(=O)Nc2cc(OC)ccc2OC)s1. The van der Waals surface area contributed by atoms with E-state index in [9.17, 15) is 9.59 Å². The third-order valence-corrected chi connectivity index (χ3v) is 5.11. The number of amides is 2. The Morgan fingerprint density at radius 1 is 1.15 bits per heavy atom. The molecule has 0 aliphatic heterocycles. The Balaban J connectivity index is 1.89. The van der Waals surface area contributed by atoms with E-state index in [1.807, 2.05) is 6.92 Å². The smallest absolute Gasteiger partial charge is 0.234 e. The predicted octanol–water partition coefficient (Wildman–Crippen LogP) is 3.02. The van der Waals surface area contributed by atoms with E-state index in [1.165, 1.54) is 30.2 Å². The third kappa shape index (κ3) is 5.88. The van der Waals surface area contributed by atoms with Gasteiger partial charge in [-0.1, -0.05) is 30.0 Å². The molecule has 0 spiro atoms. The van der Waals surface area contributed by atoms with Crippen molar-refractivity contribution in [2.24, 2.45) is 0 Å². The van der Waals surface area contributed by atoms with Crippen LogP contribution in [0.25, 0.3) is 0 Å². The van der Waals surface area contributed by atoms with E-state index < -0.39 is 0 Å². The molecule has 140 valence electrons. The van der Waals surface area contributed by atoms with Gasteiger partial charge in [-0.25, -0.2) is 0 Å². The van der Waals surface area contributed by atoms with Crippen LogP contribution < -0.4 is 20.1 Å². The van der Waals surface area contributed by atoms with Crippen molar-refractivity contribution in [2.75, 3.05) is 30.6 Å². The van der Waals surface area contributed by atoms with Crippen LogP contribution in [-0.2, 0) is 9.59 Å². The summed E-state index contributed by atoms with van der Waals surface area (Å²) in [5, 5.41) is 13.8. The minimum atomic E-state index is -0.215. The number of benzene rings is 1. The van der Waals surface area contributed by atoms with Gasteiger partial charge in [0.1, 0.15) is 11.5 Å². The average molecular weight is 396 g/mol. The molecule has 8 nitrogen and oxygen atoms in total. The fraction of sp³-hybridized carbons (Fsp3) is 0.375. The summed E-state index contributed by atoms with van der Waals surface area (Å²) < 4.78 is 11.0. The molecule has 2 rings (SSSR count). The Morgan fingerprint density at radius 3 is 2.65 bits per heavy atom. The zero-order valence-corrected chi connectivity index (χ0v) is 16.3. The van der Waals surface area contributed by atoms with Crippen LogP contribution in [0.3, 0.4) is 0 Å². The standard InChI is InChI=1S/C16H20N4O4S2/c1-4-5-13(21)18-15-19-20-16(26-15)25-9-14(22)17-11-8-10(23-2)6-7-12(11)24-3/h6-8H,4-5,9H2,1-3H3,(H,17,22)(H,18,19,21). The molecule has 26 heavy (non-hydrogen) atoms. The molecular formula is C16H20N4O4S2. The average Bonchev–Trinajstić information content (AvgIpc) is 3.07. The van der Waals surface area contributed by atoms with Gasteiger partial charge in [-0.05, 0) is 18.6 Å². The van der Waals surface area contributed by atoms with Gasteiger partial charge in [0.15, 0.2) is 4.34 Å². The molecule has 1 heterocycles. The Kier molecular flexibility index (Phi) is 7.67. The maximum Gasteiger partial charge on any atom is 0.234 e. The van der Waals surface area contributed by atoms with Crippen molar-refractivity contribution in [3.8, 4) is 11.5 Å². The molecule has 0 saturated carbocycles. The number of hydrogen-bond donors (Lipinski definition) is 2. The van der Waals surface area contributed by atoms with Gasteiger partial charge in [0.05, 0.1) is 25.7 Å². The van der Waals surface area contributed by atoms with Crippen LogP contribution in [0.5, 0.6) is 11.5 Å². The highest BCUT2D eigenvalue weighted by Crippen LogP contribution is 2.30. The number of nitrogens with zero attached hydrogens (tertiary/aromatic N) is 2. The molecule has 1 aromatic heterocycles. The lowest BCUT2D eigenvalue weighted by molar-refractivity contribution is -0.116. The summed E-state index contributed by atoms with van der Waals surface area (Å²) in [6, 6.07) is 5.16. The van der Waals surface area contributed by atoms with Crippen LogP contribution in [0.15, 0.2) is 22.5 Å². The highest BCUT2D eigenvalue weighted by atomic mass is 32.2. The number of methoxy groups -OCH3 is 2. The minimum Gasteiger partial charge on any atom is -0.497 e. The van der Waals surface area contributed by atoms with Crippen molar-refractivity contribution >= 4 is 45.7 Å². The molecule has 0 fully saturated rings. The van der Waals surface area contributed by atoms with Crippen molar-refractivity contribution < 1.29 is 19.1 Å². The van der Waals surface area contributed by atoms with E-state index in [4.69, 9.17) is 9.47 Å². The normalized spacial score (nSPS) is 10.3. The summed E-state index contributed by atoms with van der Waals surface area (Å²) in [6.45, 7) is 1.93. The Morgan fingerprint density at radius 2 is 1.96 bits per heavy atom. The molecule has 2 N–H and O–H groups in total. The number of thioether (sulfide) groups is 1. The molecule has 0 aliphatic rings. The minimum absolute atomic E-state index is 0.0944. The molecule has 0 saturated heterocycles. The number of aromatic nitrogens is 2. The largest absolute Gasteiger partial charge is 0.497 e. The number of nitrogens with one attached hydrogen (secondary N) is 2. The molecule has 0 atom stereocenters. The van der Waals surface area contributed by atoms with Gasteiger partial charge < -0.3 is 20.1 Å². The fourth-order valence-electron chi connectivity index (χ4n) is 1.95. The highest BCUT2D eigenvalue weighted by Gasteiger charge is 2.12. The molecule has 0 aliphatic carbocycles. The number of carbonyl (C=O) groups excluding carboxylic acids is 2. The Labute approximate surface area is 159 Å². The second-order valence-corrected chi connectivity index (χ2v) is 7.27. The third-order valence-electron chi connectivity index (χ3n) is 3.14. The molecule has 1 aromatic carbocycles. The first-order valence-corrected chi connectivity index (χ1v) is 9.64. The van der Waals surface area contributed by atoms with Gasteiger partial charge in [0.2, 0.25) is 16.9 Å². The summed E-state index contributed by atoms with van der Waals surface area (Å²) >= 11 is 2.48. The fourth-order valence-corrected chi connectivity index (χ4v) is 3.52. The monoisotopic (exact) mass is 396 g/mol. The van der Waals surface area contributed by atoms with Crippen LogP contribution in [-0.4, -0.2) is 42.0 Å². The number of anilines is 2. The maximum atomic E-state index is 12.2. The summed E-state index contributed by atoms with van der Waals surface area (Å²) in [5.41, 5.74) is 0.530. The first-order chi connectivity index (χ1) is 12.5. The van der Waals surface area contributed by atoms with Crippen LogP contribution >= 0.6 is 23.1 Å². The number of ether oxygens (including phenoxy) is 2. The van der Waals surface area contributed by atoms with Gasteiger partial charge in [0, 0.05) is 12.5 Å². The number of rotatable bonds is 9. The van der Waals surface area contributed by atoms with E-state index in [0.717, 1.165) is 6.42 Å². The van der Waals surface area contributed by atoms with E-state index in [0.29, 0.717) is 33.1 Å². The lowest BCUT2D eigenvalue weighted by Gasteiger charge is -2.11. The van der Waals surface area contributed by atoms with E-state index in [2.05, 4.69) is 20.8 Å². The Bertz CT molecular complexity index is 766. The van der Waals surface area contributed by atoms with E-state index >= 15 is 0 Å². The van der Waals surface area contributed by atoms with Crippen molar-refractivity contribution in [3.05, 3.63) is 18.2 Å². The Hall–Kier alpha value is -2.33. The van der Waals surface area contributed by atoms with Gasteiger partial charge in [0.25, 0.3) is 0 Å². The van der Waals surface area contributed by atoms with Crippen LogP contribution in [0.1, 0.15) is 19.8 Å². The van der Waals surface area contributed by atoms with Crippen LogP contribution in [0.4, 0.5) is 10.8 Å². The molecule has 0 radical (unpaired) electrons. The van der Waals surface area contributed by atoms with Crippen molar-refractivity contribution in [3.63, 3.8) is 0 Å². The molecule has 2 aromatic rings. The van der Waals surface area contributed by atoms with Crippen LogP contribution in [0.2, 0.25) is 0 Å². The van der Waals surface area contributed by atoms with Gasteiger partial charge in [-0.2, -0.15) is 0 Å². The van der Waals surface area contributed by atoms with Gasteiger partial charge in [-0.3, -0.25) is 9.59 Å². The molecule has 10 heteroatoms. The predicted molar refractivity (Wildman–Crippen MR) is 102 cm³/mol. The summed E-state index contributed by atoms with van der Waals surface area (Å²) in [5.74, 6) is 1.00. The molecule has 2 amide bonds. The quantitative estimate of drug-likeness (QED) is 0.496. The van der Waals surface area contributed by atoms with Crippen LogP contribution in [0, 0.1) is 0 Å². The maximum absolute atomic E-state index is 12.2. The first-order valence-electron chi connectivity index (χ1n) is 7.83. The molecular weight excluding hydrogens is 376 g/mol. The van der Waals surface area contributed by atoms with Crippen molar-refractivity contribution in [1.29, 1.82) is 0 Å². The summed E-state index contributed by atoms with van der Waals surface area (Å²) in [7, 11) is 3.08.